The molecule has 0 aliphatic heterocycles. The molecule has 0 unspecified atom stereocenters. The van der Waals surface area contributed by atoms with Crippen molar-refractivity contribution in [2.24, 2.45) is 0 Å². The summed E-state index contributed by atoms with van der Waals surface area (Å²) < 4.78 is 22.8. The highest BCUT2D eigenvalue weighted by molar-refractivity contribution is 7.99. The van der Waals surface area contributed by atoms with E-state index in [9.17, 15) is 4.79 Å². The third-order valence-corrected chi connectivity index (χ3v) is 5.18. The van der Waals surface area contributed by atoms with Gasteiger partial charge in [0.05, 0.1) is 25.6 Å². The molecule has 0 aliphatic rings. The third-order valence-electron chi connectivity index (χ3n) is 4.17. The Labute approximate surface area is 191 Å². The highest BCUT2D eigenvalue weighted by atomic mass is 32.2. The molecule has 3 rings (SSSR count). The van der Waals surface area contributed by atoms with Gasteiger partial charge in [0.1, 0.15) is 0 Å². The SMILES string of the molecule is CCOc1cc(-c2nnc(NC(=O)CSCc3ccccc3)o2)cc(OCC)c1OCC. The van der Waals surface area contributed by atoms with E-state index in [2.05, 4.69) is 15.5 Å². The summed E-state index contributed by atoms with van der Waals surface area (Å²) in [5, 5.41) is 10.6. The van der Waals surface area contributed by atoms with E-state index in [1.165, 1.54) is 11.8 Å². The van der Waals surface area contributed by atoms with Gasteiger partial charge in [0.2, 0.25) is 17.5 Å². The Morgan fingerprint density at radius 3 is 2.25 bits per heavy atom. The normalized spacial score (nSPS) is 10.6. The first-order valence-electron chi connectivity index (χ1n) is 10.5. The lowest BCUT2D eigenvalue weighted by molar-refractivity contribution is -0.113. The second-order valence-electron chi connectivity index (χ2n) is 6.54. The Kier molecular flexibility index (Phi) is 8.79. The van der Waals surface area contributed by atoms with Crippen molar-refractivity contribution in [1.29, 1.82) is 0 Å². The van der Waals surface area contributed by atoms with Gasteiger partial charge in [0.15, 0.2) is 11.5 Å². The summed E-state index contributed by atoms with van der Waals surface area (Å²) in [5.41, 5.74) is 1.77. The van der Waals surface area contributed by atoms with Gasteiger partial charge in [-0.1, -0.05) is 35.4 Å². The van der Waals surface area contributed by atoms with Gasteiger partial charge in [0.25, 0.3) is 0 Å². The van der Waals surface area contributed by atoms with E-state index >= 15 is 0 Å². The number of ether oxygens (including phenoxy) is 3. The molecule has 1 aromatic heterocycles. The van der Waals surface area contributed by atoms with Crippen molar-refractivity contribution in [2.45, 2.75) is 26.5 Å². The molecule has 9 heteroatoms. The summed E-state index contributed by atoms with van der Waals surface area (Å²) >= 11 is 1.51. The first-order chi connectivity index (χ1) is 15.6. The van der Waals surface area contributed by atoms with Crippen LogP contribution in [-0.2, 0) is 10.5 Å². The minimum absolute atomic E-state index is 0.0371. The van der Waals surface area contributed by atoms with Crippen molar-refractivity contribution in [2.75, 3.05) is 30.9 Å². The molecule has 1 heterocycles. The number of amides is 1. The highest BCUT2D eigenvalue weighted by Crippen LogP contribution is 2.41. The van der Waals surface area contributed by atoms with Crippen LogP contribution in [-0.4, -0.2) is 41.7 Å². The maximum absolute atomic E-state index is 12.2. The number of carbonyl (C=O) groups is 1. The topological polar surface area (TPSA) is 95.7 Å². The van der Waals surface area contributed by atoms with Gasteiger partial charge >= 0.3 is 6.01 Å². The van der Waals surface area contributed by atoms with E-state index in [-0.39, 0.29) is 23.6 Å². The molecule has 32 heavy (non-hydrogen) atoms. The summed E-state index contributed by atoms with van der Waals surface area (Å²) in [4.78, 5) is 12.2. The van der Waals surface area contributed by atoms with Crippen LogP contribution in [0.25, 0.3) is 11.5 Å². The van der Waals surface area contributed by atoms with Gasteiger partial charge in [-0.15, -0.1) is 16.9 Å². The van der Waals surface area contributed by atoms with Gasteiger partial charge in [0, 0.05) is 11.3 Å². The molecule has 0 bridgehead atoms. The lowest BCUT2D eigenvalue weighted by atomic mass is 10.2. The Morgan fingerprint density at radius 2 is 1.62 bits per heavy atom. The molecule has 0 aliphatic carbocycles. The average molecular weight is 458 g/mol. The van der Waals surface area contributed by atoms with E-state index in [1.807, 2.05) is 51.1 Å². The van der Waals surface area contributed by atoms with Crippen molar-refractivity contribution < 1.29 is 23.4 Å². The fourth-order valence-electron chi connectivity index (χ4n) is 2.89. The van der Waals surface area contributed by atoms with E-state index < -0.39 is 0 Å². The number of nitrogens with zero attached hydrogens (tertiary/aromatic N) is 2. The number of hydrogen-bond acceptors (Lipinski definition) is 8. The van der Waals surface area contributed by atoms with Crippen molar-refractivity contribution in [3.63, 3.8) is 0 Å². The number of carbonyl (C=O) groups excluding carboxylic acids is 1. The van der Waals surface area contributed by atoms with Crippen LogP contribution in [0.15, 0.2) is 46.9 Å². The Hall–Kier alpha value is -3.20. The number of nitrogens with one attached hydrogen (secondary N) is 1. The lowest BCUT2D eigenvalue weighted by Crippen LogP contribution is -2.14. The van der Waals surface area contributed by atoms with Crippen molar-refractivity contribution >= 4 is 23.7 Å². The molecular formula is C23H27N3O5S. The molecule has 1 N–H and O–H groups in total. The molecule has 3 aromatic rings. The summed E-state index contributed by atoms with van der Waals surface area (Å²) in [5.74, 6) is 2.63. The average Bonchev–Trinajstić information content (AvgIpc) is 3.25. The van der Waals surface area contributed by atoms with E-state index in [4.69, 9.17) is 18.6 Å². The molecule has 0 saturated heterocycles. The summed E-state index contributed by atoms with van der Waals surface area (Å²) in [6.07, 6.45) is 0. The zero-order valence-corrected chi connectivity index (χ0v) is 19.2. The quantitative estimate of drug-likeness (QED) is 0.414. The van der Waals surface area contributed by atoms with E-state index in [1.54, 1.807) is 12.1 Å². The first-order valence-corrected chi connectivity index (χ1v) is 11.6. The van der Waals surface area contributed by atoms with Crippen LogP contribution >= 0.6 is 11.8 Å². The lowest BCUT2D eigenvalue weighted by Gasteiger charge is -2.16. The van der Waals surface area contributed by atoms with E-state index in [0.29, 0.717) is 42.6 Å². The second-order valence-corrected chi connectivity index (χ2v) is 7.53. The number of anilines is 1. The Bertz CT molecular complexity index is 983. The molecule has 170 valence electrons. The van der Waals surface area contributed by atoms with Gasteiger partial charge in [-0.05, 0) is 38.5 Å². The minimum Gasteiger partial charge on any atom is -0.490 e. The number of thioether (sulfide) groups is 1. The molecule has 0 radical (unpaired) electrons. The van der Waals surface area contributed by atoms with Crippen LogP contribution in [0.3, 0.4) is 0 Å². The zero-order valence-electron chi connectivity index (χ0n) is 18.4. The summed E-state index contributed by atoms with van der Waals surface area (Å²) in [6.45, 7) is 7.06. The van der Waals surface area contributed by atoms with Crippen molar-refractivity contribution in [1.82, 2.24) is 10.2 Å². The molecule has 0 spiro atoms. The zero-order chi connectivity index (χ0) is 22.8. The van der Waals surface area contributed by atoms with Crippen LogP contribution in [0, 0.1) is 0 Å². The maximum Gasteiger partial charge on any atom is 0.322 e. The fourth-order valence-corrected chi connectivity index (χ4v) is 3.68. The first kappa shape index (κ1) is 23.5. The molecule has 0 saturated carbocycles. The second kappa shape index (κ2) is 12.0. The van der Waals surface area contributed by atoms with Crippen LogP contribution in [0.4, 0.5) is 6.01 Å². The molecule has 0 fully saturated rings. The van der Waals surface area contributed by atoms with Crippen LogP contribution < -0.4 is 19.5 Å². The van der Waals surface area contributed by atoms with Gasteiger partial charge in [-0.25, -0.2) is 0 Å². The summed E-state index contributed by atoms with van der Waals surface area (Å²) in [6, 6.07) is 13.5. The molecule has 8 nitrogen and oxygen atoms in total. The van der Waals surface area contributed by atoms with Crippen LogP contribution in [0.2, 0.25) is 0 Å². The number of hydrogen-bond donors (Lipinski definition) is 1. The standard InChI is InChI=1S/C23H27N3O5S/c1-4-28-18-12-17(13-19(29-5-2)21(18)30-6-3)22-25-26-23(31-22)24-20(27)15-32-14-16-10-8-7-9-11-16/h7-13H,4-6,14-15H2,1-3H3,(H,24,26,27). The van der Waals surface area contributed by atoms with Crippen molar-refractivity contribution in [3.05, 3.63) is 48.0 Å². The van der Waals surface area contributed by atoms with Gasteiger partial charge in [-0.3, -0.25) is 10.1 Å². The van der Waals surface area contributed by atoms with Crippen LogP contribution in [0.5, 0.6) is 17.2 Å². The molecule has 1 amide bonds. The maximum atomic E-state index is 12.2. The minimum atomic E-state index is -0.210. The number of rotatable bonds is 12. The largest absolute Gasteiger partial charge is 0.490 e. The predicted octanol–water partition coefficient (Wildman–Crippen LogP) is 4.80. The summed E-state index contributed by atoms with van der Waals surface area (Å²) in [7, 11) is 0. The molecule has 2 aromatic carbocycles. The highest BCUT2D eigenvalue weighted by Gasteiger charge is 2.19. The monoisotopic (exact) mass is 457 g/mol. The molecule has 0 atom stereocenters. The third kappa shape index (κ3) is 6.40. The fraction of sp³-hybridized carbons (Fsp3) is 0.348. The number of benzene rings is 2. The Balaban J connectivity index is 1.68. The van der Waals surface area contributed by atoms with Gasteiger partial charge in [-0.2, -0.15) is 0 Å². The van der Waals surface area contributed by atoms with Gasteiger partial charge < -0.3 is 18.6 Å². The molecular weight excluding hydrogens is 430 g/mol. The predicted molar refractivity (Wildman–Crippen MR) is 124 cm³/mol. The smallest absolute Gasteiger partial charge is 0.322 e. The van der Waals surface area contributed by atoms with E-state index in [0.717, 1.165) is 11.3 Å². The van der Waals surface area contributed by atoms with Crippen molar-refractivity contribution in [3.8, 4) is 28.7 Å². The Morgan fingerprint density at radius 1 is 0.969 bits per heavy atom. The number of aromatic nitrogens is 2. The van der Waals surface area contributed by atoms with Crippen LogP contribution in [0.1, 0.15) is 26.3 Å².